The maximum absolute atomic E-state index is 6.40. The predicted molar refractivity (Wildman–Crippen MR) is 101 cm³/mol. The highest BCUT2D eigenvalue weighted by atomic mass is 35.5. The Balaban J connectivity index is 0.00000196. The van der Waals surface area contributed by atoms with Gasteiger partial charge in [-0.1, -0.05) is 24.1 Å². The summed E-state index contributed by atoms with van der Waals surface area (Å²) in [7, 11) is 0. The molecule has 7 nitrogen and oxygen atoms in total. The monoisotopic (exact) mass is 372 g/mol. The smallest absolute Gasteiger partial charge is 0.258 e. The van der Waals surface area contributed by atoms with Crippen LogP contribution in [0.1, 0.15) is 37.2 Å². The van der Waals surface area contributed by atoms with E-state index >= 15 is 0 Å². The van der Waals surface area contributed by atoms with Gasteiger partial charge in [-0.15, -0.1) is 17.5 Å². The van der Waals surface area contributed by atoms with E-state index in [1.807, 2.05) is 43.3 Å². The number of rotatable bonds is 4. The van der Waals surface area contributed by atoms with E-state index in [2.05, 4.69) is 25.7 Å². The number of nitrogens with one attached hydrogen (secondary N) is 1. The first-order valence-electron chi connectivity index (χ1n) is 8.43. The summed E-state index contributed by atoms with van der Waals surface area (Å²) in [4.78, 5) is 4.54. The van der Waals surface area contributed by atoms with E-state index in [-0.39, 0.29) is 12.4 Å². The molecule has 1 aliphatic carbocycles. The second-order valence-corrected chi connectivity index (χ2v) is 6.55. The number of nitrogens with zero attached hydrogens (tertiary/aromatic N) is 4. The largest absolute Gasteiger partial charge is 0.339 e. The average Bonchev–Trinajstić information content (AvgIpc) is 3.27. The molecule has 4 rings (SSSR count). The van der Waals surface area contributed by atoms with E-state index in [1.165, 1.54) is 0 Å². The molecule has 1 aromatic carbocycles. The van der Waals surface area contributed by atoms with E-state index in [4.69, 9.17) is 10.3 Å². The fraction of sp³-hybridized carbons (Fsp3) is 0.333. The number of hydrogen-bond donors (Lipinski definition) is 2. The lowest BCUT2D eigenvalue weighted by molar-refractivity contribution is 0.372. The number of hydrogen-bond acceptors (Lipinski definition) is 7. The summed E-state index contributed by atoms with van der Waals surface area (Å²) >= 11 is 0. The van der Waals surface area contributed by atoms with Crippen LogP contribution >= 0.6 is 12.4 Å². The van der Waals surface area contributed by atoms with Crippen molar-refractivity contribution in [3.05, 3.63) is 47.9 Å². The Morgan fingerprint density at radius 2 is 1.92 bits per heavy atom. The molecular weight excluding hydrogens is 352 g/mol. The van der Waals surface area contributed by atoms with Crippen LogP contribution in [0.15, 0.2) is 40.9 Å². The summed E-state index contributed by atoms with van der Waals surface area (Å²) < 4.78 is 5.45. The zero-order valence-corrected chi connectivity index (χ0v) is 15.3. The molecule has 3 N–H and O–H groups in total. The van der Waals surface area contributed by atoms with Crippen molar-refractivity contribution in [1.29, 1.82) is 0 Å². The molecule has 1 aliphatic rings. The maximum Gasteiger partial charge on any atom is 0.258 e. The van der Waals surface area contributed by atoms with Gasteiger partial charge >= 0.3 is 0 Å². The summed E-state index contributed by atoms with van der Waals surface area (Å²) in [5.41, 5.74) is 8.54. The van der Waals surface area contributed by atoms with E-state index in [9.17, 15) is 0 Å². The highest BCUT2D eigenvalue weighted by Gasteiger charge is 2.36. The van der Waals surface area contributed by atoms with Crippen LogP contribution in [0.2, 0.25) is 0 Å². The summed E-state index contributed by atoms with van der Waals surface area (Å²) in [6.07, 6.45) is 4.02. The van der Waals surface area contributed by atoms with Gasteiger partial charge in [0.15, 0.2) is 11.6 Å². The predicted octanol–water partition coefficient (Wildman–Crippen LogP) is 3.73. The molecule has 0 saturated heterocycles. The Labute approximate surface area is 157 Å². The molecule has 3 aromatic rings. The zero-order chi connectivity index (χ0) is 17.3. The molecule has 0 radical (unpaired) electrons. The molecule has 136 valence electrons. The van der Waals surface area contributed by atoms with Gasteiger partial charge in [0.25, 0.3) is 5.89 Å². The van der Waals surface area contributed by atoms with Crippen LogP contribution < -0.4 is 11.1 Å². The third-order valence-corrected chi connectivity index (χ3v) is 4.55. The van der Waals surface area contributed by atoms with Crippen molar-refractivity contribution in [1.82, 2.24) is 20.3 Å². The van der Waals surface area contributed by atoms with Crippen molar-refractivity contribution in [3.63, 3.8) is 0 Å². The van der Waals surface area contributed by atoms with Gasteiger partial charge in [-0.05, 0) is 50.1 Å². The number of aryl methyl sites for hydroxylation is 1. The number of nitrogens with two attached hydrogens (primary N) is 1. The first kappa shape index (κ1) is 18.3. The Morgan fingerprint density at radius 3 is 2.65 bits per heavy atom. The number of aromatic nitrogens is 4. The van der Waals surface area contributed by atoms with Crippen LogP contribution in [0.25, 0.3) is 11.5 Å². The van der Waals surface area contributed by atoms with Crippen molar-refractivity contribution in [2.75, 3.05) is 5.32 Å². The third kappa shape index (κ3) is 3.68. The molecular formula is C18H21ClN6O. The van der Waals surface area contributed by atoms with Crippen LogP contribution in [-0.4, -0.2) is 20.3 Å². The van der Waals surface area contributed by atoms with Crippen LogP contribution in [0.3, 0.4) is 0 Å². The van der Waals surface area contributed by atoms with Gasteiger partial charge in [-0.25, -0.2) is 0 Å². The van der Waals surface area contributed by atoms with E-state index in [0.29, 0.717) is 17.5 Å². The Hall–Kier alpha value is -2.51. The lowest BCUT2D eigenvalue weighted by Gasteiger charge is -2.17. The molecule has 2 aromatic heterocycles. The Kier molecular flexibility index (Phi) is 5.20. The number of anilines is 2. The van der Waals surface area contributed by atoms with Crippen LogP contribution in [-0.2, 0) is 5.54 Å². The lowest BCUT2D eigenvalue weighted by atomic mass is 9.99. The quantitative estimate of drug-likeness (QED) is 0.719. The topological polar surface area (TPSA) is 103 Å². The minimum atomic E-state index is -0.449. The summed E-state index contributed by atoms with van der Waals surface area (Å²) in [5.74, 6) is 1.76. The normalized spacial score (nSPS) is 15.5. The van der Waals surface area contributed by atoms with Gasteiger partial charge in [0.2, 0.25) is 0 Å². The lowest BCUT2D eigenvalue weighted by Crippen LogP contribution is -2.34. The van der Waals surface area contributed by atoms with Gasteiger partial charge in [0.1, 0.15) is 0 Å². The molecule has 0 amide bonds. The van der Waals surface area contributed by atoms with Crippen LogP contribution in [0, 0.1) is 6.92 Å². The molecule has 0 atom stereocenters. The number of benzene rings is 1. The fourth-order valence-corrected chi connectivity index (χ4v) is 3.12. The first-order valence-corrected chi connectivity index (χ1v) is 8.43. The highest BCUT2D eigenvalue weighted by molar-refractivity contribution is 5.85. The SMILES string of the molecule is Cc1ccc(Nc2cccc(-c3nc(C4(N)CCCC4)no3)c2)nn1.Cl. The van der Waals surface area contributed by atoms with E-state index in [0.717, 1.165) is 42.6 Å². The van der Waals surface area contributed by atoms with Gasteiger partial charge < -0.3 is 15.6 Å². The highest BCUT2D eigenvalue weighted by Crippen LogP contribution is 2.35. The second-order valence-electron chi connectivity index (χ2n) is 6.55. The van der Waals surface area contributed by atoms with Gasteiger partial charge in [-0.2, -0.15) is 10.1 Å². The van der Waals surface area contributed by atoms with E-state index in [1.54, 1.807) is 0 Å². The van der Waals surface area contributed by atoms with Gasteiger partial charge in [-0.3, -0.25) is 0 Å². The van der Waals surface area contributed by atoms with Crippen LogP contribution in [0.4, 0.5) is 11.5 Å². The standard InChI is InChI=1S/C18H20N6O.ClH/c1-12-7-8-15(23-22-12)20-14-6-4-5-13(11-14)16-21-17(24-25-16)18(19)9-2-3-10-18;/h4-8,11H,2-3,9-10,19H2,1H3,(H,20,23);1H. The third-order valence-electron chi connectivity index (χ3n) is 4.55. The summed E-state index contributed by atoms with van der Waals surface area (Å²) in [6, 6.07) is 11.5. The Morgan fingerprint density at radius 1 is 1.12 bits per heavy atom. The van der Waals surface area contributed by atoms with Crippen molar-refractivity contribution >= 4 is 23.9 Å². The maximum atomic E-state index is 6.40. The van der Waals surface area contributed by atoms with Crippen molar-refractivity contribution in [2.45, 2.75) is 38.1 Å². The molecule has 2 heterocycles. The molecule has 0 aliphatic heterocycles. The van der Waals surface area contributed by atoms with Crippen LogP contribution in [0.5, 0.6) is 0 Å². The Bertz CT molecular complexity index is 873. The first-order chi connectivity index (χ1) is 12.1. The fourth-order valence-electron chi connectivity index (χ4n) is 3.12. The molecule has 8 heteroatoms. The molecule has 26 heavy (non-hydrogen) atoms. The molecule has 0 unspecified atom stereocenters. The summed E-state index contributed by atoms with van der Waals surface area (Å²) in [5, 5.41) is 15.5. The van der Waals surface area contributed by atoms with Gasteiger partial charge in [0.05, 0.1) is 11.2 Å². The average molecular weight is 373 g/mol. The van der Waals surface area contributed by atoms with Crippen molar-refractivity contribution < 1.29 is 4.52 Å². The van der Waals surface area contributed by atoms with E-state index < -0.39 is 5.54 Å². The molecule has 0 bridgehead atoms. The minimum Gasteiger partial charge on any atom is -0.339 e. The second kappa shape index (κ2) is 7.39. The zero-order valence-electron chi connectivity index (χ0n) is 14.5. The summed E-state index contributed by atoms with van der Waals surface area (Å²) in [6.45, 7) is 1.90. The minimum absolute atomic E-state index is 0. The molecule has 0 spiro atoms. The van der Waals surface area contributed by atoms with Crippen molar-refractivity contribution in [2.24, 2.45) is 5.73 Å². The van der Waals surface area contributed by atoms with Crippen molar-refractivity contribution in [3.8, 4) is 11.5 Å². The van der Waals surface area contributed by atoms with Gasteiger partial charge in [0, 0.05) is 11.3 Å². The molecule has 1 fully saturated rings. The molecule has 1 saturated carbocycles. The number of halogens is 1.